The van der Waals surface area contributed by atoms with Crippen molar-refractivity contribution in [3.05, 3.63) is 34.9 Å². The fraction of sp³-hybridized carbons (Fsp3) is 0.250. The Kier molecular flexibility index (Phi) is 2.12. The number of anilines is 1. The van der Waals surface area contributed by atoms with Crippen molar-refractivity contribution in [2.24, 2.45) is 0 Å². The third-order valence-electron chi connectivity index (χ3n) is 2.34. The van der Waals surface area contributed by atoms with Gasteiger partial charge in [0.1, 0.15) is 0 Å². The van der Waals surface area contributed by atoms with Crippen LogP contribution in [0.25, 0.3) is 6.08 Å². The number of fused-ring (bicyclic) bond motifs is 1. The summed E-state index contributed by atoms with van der Waals surface area (Å²) in [5.74, 6) is -0.0244. The number of amides is 1. The number of hydrogen-bond acceptors (Lipinski definition) is 1. The summed E-state index contributed by atoms with van der Waals surface area (Å²) in [6.07, 6.45) is 3.20. The van der Waals surface area contributed by atoms with Gasteiger partial charge in [0.25, 0.3) is 0 Å². The van der Waals surface area contributed by atoms with Crippen molar-refractivity contribution in [3.8, 4) is 0 Å². The fourth-order valence-electron chi connectivity index (χ4n) is 1.79. The van der Waals surface area contributed by atoms with Crippen LogP contribution in [0.2, 0.25) is 0 Å². The predicted octanol–water partition coefficient (Wildman–Crippen LogP) is 2.60. The topological polar surface area (TPSA) is 29.1 Å². The van der Waals surface area contributed by atoms with E-state index in [2.05, 4.69) is 24.4 Å². The molecule has 0 heterocycles. The molecule has 0 saturated heterocycles. The smallest absolute Gasteiger partial charge is 0.221 e. The molecule has 0 radical (unpaired) electrons. The number of hydrogen-bond donors (Lipinski definition) is 1. The van der Waals surface area contributed by atoms with Crippen LogP contribution in [0.4, 0.5) is 5.69 Å². The fourth-order valence-corrected chi connectivity index (χ4v) is 1.79. The van der Waals surface area contributed by atoms with Gasteiger partial charge in [-0.3, -0.25) is 4.79 Å². The van der Waals surface area contributed by atoms with Crippen LogP contribution in [0.5, 0.6) is 0 Å². The Hall–Kier alpha value is -1.57. The Balaban J connectivity index is 2.31. The highest BCUT2D eigenvalue weighted by molar-refractivity contribution is 5.89. The van der Waals surface area contributed by atoms with E-state index >= 15 is 0 Å². The van der Waals surface area contributed by atoms with Gasteiger partial charge in [-0.15, -0.1) is 0 Å². The first-order valence-electron chi connectivity index (χ1n) is 4.73. The molecule has 0 bridgehead atoms. The first-order chi connectivity index (χ1) is 6.65. The Morgan fingerprint density at radius 2 is 2.21 bits per heavy atom. The molecule has 1 N–H and O–H groups in total. The number of rotatable bonds is 1. The predicted molar refractivity (Wildman–Crippen MR) is 58.1 cm³/mol. The van der Waals surface area contributed by atoms with Gasteiger partial charge in [-0.2, -0.15) is 0 Å². The van der Waals surface area contributed by atoms with Crippen molar-refractivity contribution >= 4 is 17.7 Å². The molecule has 0 spiro atoms. The van der Waals surface area contributed by atoms with Gasteiger partial charge in [-0.05, 0) is 36.6 Å². The summed E-state index contributed by atoms with van der Waals surface area (Å²) in [5.41, 5.74) is 4.83. The monoisotopic (exact) mass is 187 g/mol. The molecule has 2 heteroatoms. The SMILES string of the molecule is CC(=O)Nc1ccc2c(c1)C=C(C)C2. The lowest BCUT2D eigenvalue weighted by Crippen LogP contribution is -2.05. The molecule has 0 unspecified atom stereocenters. The molecule has 0 saturated carbocycles. The van der Waals surface area contributed by atoms with Gasteiger partial charge in [0.05, 0.1) is 0 Å². The van der Waals surface area contributed by atoms with Crippen LogP contribution in [0.3, 0.4) is 0 Å². The van der Waals surface area contributed by atoms with Crippen molar-refractivity contribution in [2.45, 2.75) is 20.3 Å². The normalized spacial score (nSPS) is 13.4. The van der Waals surface area contributed by atoms with E-state index in [1.165, 1.54) is 23.6 Å². The molecule has 0 fully saturated rings. The van der Waals surface area contributed by atoms with Gasteiger partial charge in [0.2, 0.25) is 5.91 Å². The van der Waals surface area contributed by atoms with Gasteiger partial charge in [0.15, 0.2) is 0 Å². The van der Waals surface area contributed by atoms with E-state index in [1.54, 1.807) is 0 Å². The van der Waals surface area contributed by atoms with E-state index in [9.17, 15) is 4.79 Å². The van der Waals surface area contributed by atoms with Crippen LogP contribution < -0.4 is 5.32 Å². The summed E-state index contributed by atoms with van der Waals surface area (Å²) in [7, 11) is 0. The van der Waals surface area contributed by atoms with Crippen LogP contribution in [-0.4, -0.2) is 5.91 Å². The standard InChI is InChI=1S/C12H13NO/c1-8-5-10-3-4-12(13-9(2)14)7-11(10)6-8/h3-4,6-7H,5H2,1-2H3,(H,13,14). The van der Waals surface area contributed by atoms with Gasteiger partial charge in [-0.1, -0.05) is 17.7 Å². The second kappa shape index (κ2) is 3.29. The zero-order chi connectivity index (χ0) is 10.1. The maximum Gasteiger partial charge on any atom is 0.221 e. The van der Waals surface area contributed by atoms with Crippen LogP contribution in [0, 0.1) is 0 Å². The highest BCUT2D eigenvalue weighted by Gasteiger charge is 2.09. The molecular formula is C12H13NO. The molecule has 0 aliphatic heterocycles. The molecule has 72 valence electrons. The van der Waals surface area contributed by atoms with E-state index in [0.717, 1.165) is 12.1 Å². The number of carbonyl (C=O) groups excluding carboxylic acids is 1. The summed E-state index contributed by atoms with van der Waals surface area (Å²) < 4.78 is 0. The van der Waals surface area contributed by atoms with E-state index in [0.29, 0.717) is 0 Å². The lowest BCUT2D eigenvalue weighted by molar-refractivity contribution is -0.114. The van der Waals surface area contributed by atoms with E-state index in [-0.39, 0.29) is 5.91 Å². The summed E-state index contributed by atoms with van der Waals surface area (Å²) >= 11 is 0. The second-order valence-corrected chi connectivity index (χ2v) is 3.76. The van der Waals surface area contributed by atoms with E-state index in [4.69, 9.17) is 0 Å². The van der Waals surface area contributed by atoms with Gasteiger partial charge in [0, 0.05) is 12.6 Å². The minimum Gasteiger partial charge on any atom is -0.326 e. The Labute approximate surface area is 83.6 Å². The van der Waals surface area contributed by atoms with Crippen LogP contribution in [-0.2, 0) is 11.2 Å². The number of allylic oxidation sites excluding steroid dienone is 1. The molecule has 1 aromatic carbocycles. The first kappa shape index (κ1) is 9.00. The van der Waals surface area contributed by atoms with Crippen molar-refractivity contribution in [1.82, 2.24) is 0 Å². The maximum absolute atomic E-state index is 10.9. The number of nitrogens with one attached hydrogen (secondary N) is 1. The van der Waals surface area contributed by atoms with Crippen LogP contribution in [0.1, 0.15) is 25.0 Å². The Bertz CT molecular complexity index is 418. The number of benzene rings is 1. The average molecular weight is 187 g/mol. The zero-order valence-electron chi connectivity index (χ0n) is 8.42. The summed E-state index contributed by atoms with van der Waals surface area (Å²) in [4.78, 5) is 10.9. The maximum atomic E-state index is 10.9. The second-order valence-electron chi connectivity index (χ2n) is 3.76. The zero-order valence-corrected chi connectivity index (χ0v) is 8.42. The minimum absolute atomic E-state index is 0.0244. The molecule has 2 nitrogen and oxygen atoms in total. The van der Waals surface area contributed by atoms with Crippen molar-refractivity contribution in [1.29, 1.82) is 0 Å². The third kappa shape index (κ3) is 1.69. The molecule has 0 atom stereocenters. The molecule has 14 heavy (non-hydrogen) atoms. The Morgan fingerprint density at radius 1 is 1.43 bits per heavy atom. The van der Waals surface area contributed by atoms with Gasteiger partial charge in [-0.25, -0.2) is 0 Å². The molecule has 1 amide bonds. The Morgan fingerprint density at radius 3 is 2.93 bits per heavy atom. The minimum atomic E-state index is -0.0244. The third-order valence-corrected chi connectivity index (χ3v) is 2.34. The summed E-state index contributed by atoms with van der Waals surface area (Å²) in [5, 5.41) is 2.78. The molecule has 1 aliphatic rings. The lowest BCUT2D eigenvalue weighted by atomic mass is 10.1. The molecule has 2 rings (SSSR count). The molecular weight excluding hydrogens is 174 g/mol. The van der Waals surface area contributed by atoms with E-state index < -0.39 is 0 Å². The van der Waals surface area contributed by atoms with Gasteiger partial charge >= 0.3 is 0 Å². The summed E-state index contributed by atoms with van der Waals surface area (Å²) in [6.45, 7) is 3.65. The highest BCUT2D eigenvalue weighted by atomic mass is 16.1. The van der Waals surface area contributed by atoms with Crippen molar-refractivity contribution in [2.75, 3.05) is 5.32 Å². The van der Waals surface area contributed by atoms with Crippen LogP contribution >= 0.6 is 0 Å². The van der Waals surface area contributed by atoms with Crippen molar-refractivity contribution in [3.63, 3.8) is 0 Å². The molecule has 1 aromatic rings. The average Bonchev–Trinajstić information content (AvgIpc) is 2.42. The summed E-state index contributed by atoms with van der Waals surface area (Å²) in [6, 6.07) is 6.05. The lowest BCUT2D eigenvalue weighted by Gasteiger charge is -2.04. The quantitative estimate of drug-likeness (QED) is 0.719. The van der Waals surface area contributed by atoms with E-state index in [1.807, 2.05) is 12.1 Å². The highest BCUT2D eigenvalue weighted by Crippen LogP contribution is 2.26. The largest absolute Gasteiger partial charge is 0.326 e. The van der Waals surface area contributed by atoms with Crippen LogP contribution in [0.15, 0.2) is 23.8 Å². The van der Waals surface area contributed by atoms with Crippen molar-refractivity contribution < 1.29 is 4.79 Å². The number of carbonyl (C=O) groups is 1. The molecule has 0 aromatic heterocycles. The first-order valence-corrected chi connectivity index (χ1v) is 4.73. The molecule has 1 aliphatic carbocycles. The van der Waals surface area contributed by atoms with Gasteiger partial charge < -0.3 is 5.32 Å².